The zero-order valence-electron chi connectivity index (χ0n) is 11.7. The summed E-state index contributed by atoms with van der Waals surface area (Å²) in [4.78, 5) is 13.1. The molecule has 19 heavy (non-hydrogen) atoms. The number of hydrogen-bond acceptors (Lipinski definition) is 5. The van der Waals surface area contributed by atoms with Crippen LogP contribution >= 0.6 is 11.5 Å². The van der Waals surface area contributed by atoms with Gasteiger partial charge in [-0.1, -0.05) is 32.2 Å². The van der Waals surface area contributed by atoms with Gasteiger partial charge in [0.2, 0.25) is 5.78 Å². The summed E-state index contributed by atoms with van der Waals surface area (Å²) in [6, 6.07) is 0. The van der Waals surface area contributed by atoms with Crippen LogP contribution < -0.4 is 0 Å². The maximum atomic E-state index is 12.5. The van der Waals surface area contributed by atoms with Crippen molar-refractivity contribution in [2.45, 2.75) is 46.1 Å². The van der Waals surface area contributed by atoms with Crippen LogP contribution in [0.3, 0.4) is 0 Å². The third kappa shape index (κ3) is 2.89. The fourth-order valence-electron chi connectivity index (χ4n) is 1.79. The van der Waals surface area contributed by atoms with Crippen molar-refractivity contribution in [2.75, 3.05) is 0 Å². The lowest BCUT2D eigenvalue weighted by Crippen LogP contribution is -2.16. The monoisotopic (exact) mass is 278 g/mol. The summed E-state index contributed by atoms with van der Waals surface area (Å²) in [7, 11) is 0. The summed E-state index contributed by atoms with van der Waals surface area (Å²) < 4.78 is 5.71. The molecule has 0 radical (unpaired) electrons. The zero-order valence-corrected chi connectivity index (χ0v) is 12.5. The molecule has 0 aliphatic carbocycles. The highest BCUT2D eigenvalue weighted by atomic mass is 32.1. The molecule has 0 N–H and O–H groups in total. The molecule has 0 aliphatic rings. The summed E-state index contributed by atoms with van der Waals surface area (Å²) in [5.74, 6) is -0.0396. The molecule has 0 aromatic carbocycles. The van der Waals surface area contributed by atoms with E-state index in [1.54, 1.807) is 17.1 Å². The normalized spacial score (nSPS) is 11.8. The van der Waals surface area contributed by atoms with Crippen molar-refractivity contribution in [2.24, 2.45) is 0 Å². The van der Waals surface area contributed by atoms with Crippen LogP contribution in [0.5, 0.6) is 0 Å². The molecule has 0 atom stereocenters. The first-order valence-corrected chi connectivity index (χ1v) is 7.10. The van der Waals surface area contributed by atoms with Gasteiger partial charge in [-0.3, -0.25) is 9.48 Å². The molecule has 0 fully saturated rings. The summed E-state index contributed by atoms with van der Waals surface area (Å²) >= 11 is 1.15. The van der Waals surface area contributed by atoms with E-state index in [1.807, 2.05) is 20.8 Å². The number of aromatic nitrogens is 4. The Labute approximate surface area is 116 Å². The Kier molecular flexibility index (Phi) is 3.80. The van der Waals surface area contributed by atoms with Crippen LogP contribution in [0.25, 0.3) is 0 Å². The number of nitrogens with zero attached hydrogens (tertiary/aromatic N) is 4. The SMILES string of the molecule is CCCn1cc(C(=O)c2snnc2C(C)(C)C)cn1. The van der Waals surface area contributed by atoms with Crippen molar-refractivity contribution in [3.63, 3.8) is 0 Å². The van der Waals surface area contributed by atoms with Crippen molar-refractivity contribution in [1.29, 1.82) is 0 Å². The number of hydrogen-bond donors (Lipinski definition) is 0. The number of ketones is 1. The molecule has 2 heterocycles. The highest BCUT2D eigenvalue weighted by Crippen LogP contribution is 2.27. The van der Waals surface area contributed by atoms with Gasteiger partial charge in [0.1, 0.15) is 4.88 Å². The molecule has 0 bridgehead atoms. The standard InChI is InChI=1S/C13H18N4OS/c1-5-6-17-8-9(7-14-17)10(18)11-12(13(2,3)4)15-16-19-11/h7-8H,5-6H2,1-4H3. The van der Waals surface area contributed by atoms with Crippen LogP contribution in [0.1, 0.15) is 55.0 Å². The van der Waals surface area contributed by atoms with Crippen molar-refractivity contribution in [3.8, 4) is 0 Å². The molecule has 0 amide bonds. The van der Waals surface area contributed by atoms with E-state index >= 15 is 0 Å². The van der Waals surface area contributed by atoms with E-state index < -0.39 is 0 Å². The van der Waals surface area contributed by atoms with Crippen LogP contribution in [0, 0.1) is 0 Å². The summed E-state index contributed by atoms with van der Waals surface area (Å²) in [6.07, 6.45) is 4.40. The minimum Gasteiger partial charge on any atom is -0.287 e. The molecule has 0 saturated carbocycles. The molecule has 102 valence electrons. The first-order chi connectivity index (χ1) is 8.93. The highest BCUT2D eigenvalue weighted by Gasteiger charge is 2.27. The molecule has 0 unspecified atom stereocenters. The molecule has 6 heteroatoms. The second kappa shape index (κ2) is 5.21. The molecular weight excluding hydrogens is 260 g/mol. The second-order valence-electron chi connectivity index (χ2n) is 5.52. The highest BCUT2D eigenvalue weighted by molar-refractivity contribution is 7.08. The Balaban J connectivity index is 2.31. The Bertz CT molecular complexity index is 579. The van der Waals surface area contributed by atoms with E-state index in [4.69, 9.17) is 0 Å². The molecular formula is C13H18N4OS. The minimum absolute atomic E-state index is 0.0396. The van der Waals surface area contributed by atoms with Gasteiger partial charge in [0.25, 0.3) is 0 Å². The predicted molar refractivity (Wildman–Crippen MR) is 74.6 cm³/mol. The van der Waals surface area contributed by atoms with Gasteiger partial charge < -0.3 is 0 Å². The number of aryl methyl sites for hydroxylation is 1. The minimum atomic E-state index is -0.183. The maximum Gasteiger partial charge on any atom is 0.209 e. The summed E-state index contributed by atoms with van der Waals surface area (Å²) in [5.41, 5.74) is 1.17. The zero-order chi connectivity index (χ0) is 14.0. The van der Waals surface area contributed by atoms with Crippen LogP contribution in [-0.2, 0) is 12.0 Å². The molecule has 0 saturated heterocycles. The topological polar surface area (TPSA) is 60.7 Å². The van der Waals surface area contributed by atoms with Crippen LogP contribution in [0.2, 0.25) is 0 Å². The predicted octanol–water partition coefficient (Wildman–Crippen LogP) is 2.67. The third-order valence-electron chi connectivity index (χ3n) is 2.75. The van der Waals surface area contributed by atoms with Gasteiger partial charge >= 0.3 is 0 Å². The van der Waals surface area contributed by atoms with E-state index in [2.05, 4.69) is 21.6 Å². The summed E-state index contributed by atoms with van der Waals surface area (Å²) in [5, 5.41) is 8.29. The fraction of sp³-hybridized carbons (Fsp3) is 0.538. The lowest BCUT2D eigenvalue weighted by Gasteiger charge is -2.15. The van der Waals surface area contributed by atoms with Crippen LogP contribution in [0.15, 0.2) is 12.4 Å². The van der Waals surface area contributed by atoms with Crippen molar-refractivity contribution >= 4 is 17.3 Å². The Hall–Kier alpha value is -1.56. The van der Waals surface area contributed by atoms with Crippen LogP contribution in [-0.4, -0.2) is 25.2 Å². The first kappa shape index (κ1) is 13.9. The van der Waals surface area contributed by atoms with Gasteiger partial charge in [-0.2, -0.15) is 5.10 Å². The van der Waals surface area contributed by atoms with Crippen LogP contribution in [0.4, 0.5) is 0 Å². The largest absolute Gasteiger partial charge is 0.287 e. The molecule has 0 aliphatic heterocycles. The third-order valence-corrected chi connectivity index (χ3v) is 3.48. The van der Waals surface area contributed by atoms with Gasteiger partial charge in [-0.15, -0.1) is 5.10 Å². The van der Waals surface area contributed by atoms with Gasteiger partial charge in [0, 0.05) is 18.2 Å². The second-order valence-corrected chi connectivity index (χ2v) is 6.28. The maximum absolute atomic E-state index is 12.5. The average Bonchev–Trinajstić information content (AvgIpc) is 2.95. The van der Waals surface area contributed by atoms with Gasteiger partial charge in [0.05, 0.1) is 17.5 Å². The van der Waals surface area contributed by atoms with Gasteiger partial charge in [-0.25, -0.2) is 0 Å². The Morgan fingerprint density at radius 2 is 2.16 bits per heavy atom. The summed E-state index contributed by atoms with van der Waals surface area (Å²) in [6.45, 7) is 8.98. The molecule has 2 aromatic heterocycles. The van der Waals surface area contributed by atoms with Crippen molar-refractivity contribution in [1.82, 2.24) is 19.4 Å². The number of carbonyl (C=O) groups is 1. The Morgan fingerprint density at radius 3 is 2.79 bits per heavy atom. The Morgan fingerprint density at radius 1 is 1.42 bits per heavy atom. The van der Waals surface area contributed by atoms with Crippen molar-refractivity contribution < 1.29 is 4.79 Å². The van der Waals surface area contributed by atoms with Gasteiger partial charge in [0.15, 0.2) is 0 Å². The van der Waals surface area contributed by atoms with Crippen molar-refractivity contribution in [3.05, 3.63) is 28.5 Å². The lowest BCUT2D eigenvalue weighted by molar-refractivity contribution is 0.104. The lowest BCUT2D eigenvalue weighted by atomic mass is 9.90. The van der Waals surface area contributed by atoms with E-state index in [-0.39, 0.29) is 11.2 Å². The molecule has 5 nitrogen and oxygen atoms in total. The number of carbonyl (C=O) groups excluding carboxylic acids is 1. The van der Waals surface area contributed by atoms with E-state index in [1.165, 1.54) is 0 Å². The van der Waals surface area contributed by atoms with E-state index in [0.717, 1.165) is 30.2 Å². The average molecular weight is 278 g/mol. The van der Waals surface area contributed by atoms with Gasteiger partial charge in [-0.05, 0) is 18.0 Å². The molecule has 0 spiro atoms. The number of rotatable bonds is 4. The molecule has 2 aromatic rings. The van der Waals surface area contributed by atoms with E-state index in [9.17, 15) is 4.79 Å². The van der Waals surface area contributed by atoms with E-state index in [0.29, 0.717) is 10.4 Å². The fourth-order valence-corrected chi connectivity index (χ4v) is 2.63. The smallest absolute Gasteiger partial charge is 0.209 e. The first-order valence-electron chi connectivity index (χ1n) is 6.33. The molecule has 2 rings (SSSR count). The quantitative estimate of drug-likeness (QED) is 0.807.